The number of benzene rings is 2. The van der Waals surface area contributed by atoms with Crippen LogP contribution < -0.4 is 10.6 Å². The maximum absolute atomic E-state index is 13.1. The van der Waals surface area contributed by atoms with Crippen LogP contribution in [0.4, 0.5) is 5.69 Å². The van der Waals surface area contributed by atoms with Crippen molar-refractivity contribution in [2.75, 3.05) is 25.0 Å². The predicted octanol–water partition coefficient (Wildman–Crippen LogP) is 5.43. The van der Waals surface area contributed by atoms with Crippen molar-refractivity contribution >= 4 is 40.1 Å². The fourth-order valence-electron chi connectivity index (χ4n) is 6.12. The zero-order chi connectivity index (χ0) is 30.4. The molecule has 1 amide bonds. The van der Waals surface area contributed by atoms with Crippen molar-refractivity contribution in [1.82, 2.24) is 25.2 Å². The van der Waals surface area contributed by atoms with Crippen molar-refractivity contribution < 1.29 is 19.1 Å². The standard InChI is InChI=1S/C33H32N6O4S/c1-18-22(23-6-4-8-25(19(23)2)36-29(40)32-38-26-9-11-34-15-28(26)44-32)5-3-7-24(18)30-37-27-13-20(14-35-31(27)43-30)16-39-12-10-21(17-39)33(41)42/h3-8,13-14,21,34H,9-12,15-17H2,1-2H3,(H,36,40)(H,41,42)/t21-/m1/s1. The van der Waals surface area contributed by atoms with Gasteiger partial charge in [-0.2, -0.15) is 0 Å². The first-order chi connectivity index (χ1) is 21.3. The van der Waals surface area contributed by atoms with E-state index in [4.69, 9.17) is 9.40 Å². The van der Waals surface area contributed by atoms with Gasteiger partial charge in [0.05, 0.1) is 11.6 Å². The normalized spacial score (nSPS) is 16.7. The Balaban J connectivity index is 1.13. The second-order valence-corrected chi connectivity index (χ2v) is 12.6. The van der Waals surface area contributed by atoms with Crippen LogP contribution in [0.3, 0.4) is 0 Å². The van der Waals surface area contributed by atoms with E-state index in [1.807, 2.05) is 44.2 Å². The lowest BCUT2D eigenvalue weighted by atomic mass is 9.93. The van der Waals surface area contributed by atoms with Crippen molar-refractivity contribution in [3.8, 4) is 22.6 Å². The Kier molecular flexibility index (Phi) is 7.45. The number of carbonyl (C=O) groups excluding carboxylic acids is 1. The summed E-state index contributed by atoms with van der Waals surface area (Å²) in [5.74, 6) is -0.763. The zero-order valence-corrected chi connectivity index (χ0v) is 25.3. The summed E-state index contributed by atoms with van der Waals surface area (Å²) in [5, 5.41) is 16.2. The second kappa shape index (κ2) is 11.6. The van der Waals surface area contributed by atoms with E-state index in [1.165, 1.54) is 11.3 Å². The highest BCUT2D eigenvalue weighted by Crippen LogP contribution is 2.36. The molecule has 5 heterocycles. The molecule has 44 heavy (non-hydrogen) atoms. The van der Waals surface area contributed by atoms with E-state index in [2.05, 4.69) is 37.6 Å². The highest BCUT2D eigenvalue weighted by atomic mass is 32.1. The van der Waals surface area contributed by atoms with Gasteiger partial charge in [-0.25, -0.2) is 15.0 Å². The molecule has 11 heteroatoms. The Bertz CT molecular complexity index is 1890. The van der Waals surface area contributed by atoms with Gasteiger partial charge < -0.3 is 20.2 Å². The number of pyridine rings is 1. The van der Waals surface area contributed by atoms with E-state index in [0.29, 0.717) is 41.6 Å². The van der Waals surface area contributed by atoms with Gasteiger partial charge in [-0.1, -0.05) is 24.3 Å². The van der Waals surface area contributed by atoms with E-state index in [-0.39, 0.29) is 11.8 Å². The summed E-state index contributed by atoms with van der Waals surface area (Å²) >= 11 is 1.45. The fourth-order valence-corrected chi connectivity index (χ4v) is 7.10. The molecular formula is C33H32N6O4S. The van der Waals surface area contributed by atoms with Gasteiger partial charge in [0.1, 0.15) is 5.52 Å². The fraction of sp³-hybridized carbons (Fsp3) is 0.303. The summed E-state index contributed by atoms with van der Waals surface area (Å²) in [6, 6.07) is 13.9. The summed E-state index contributed by atoms with van der Waals surface area (Å²) in [6.07, 6.45) is 3.28. The Labute approximate surface area is 258 Å². The number of nitrogens with zero attached hydrogens (tertiary/aromatic N) is 4. The zero-order valence-electron chi connectivity index (χ0n) is 24.5. The number of aromatic nitrogens is 3. The first-order valence-electron chi connectivity index (χ1n) is 14.8. The Hall–Kier alpha value is -4.45. The van der Waals surface area contributed by atoms with Crippen LogP contribution in [-0.4, -0.2) is 56.5 Å². The van der Waals surface area contributed by atoms with Crippen LogP contribution in [0.1, 0.15) is 43.5 Å². The number of rotatable bonds is 7. The van der Waals surface area contributed by atoms with Gasteiger partial charge in [0.2, 0.25) is 11.6 Å². The van der Waals surface area contributed by atoms with E-state index in [9.17, 15) is 14.7 Å². The molecule has 0 spiro atoms. The molecule has 1 saturated heterocycles. The highest BCUT2D eigenvalue weighted by molar-refractivity contribution is 7.13. The van der Waals surface area contributed by atoms with E-state index >= 15 is 0 Å². The number of oxazole rings is 1. The van der Waals surface area contributed by atoms with Crippen molar-refractivity contribution in [1.29, 1.82) is 0 Å². The van der Waals surface area contributed by atoms with Gasteiger partial charge in [0.25, 0.3) is 5.91 Å². The molecular weight excluding hydrogens is 576 g/mol. The number of fused-ring (bicyclic) bond motifs is 2. The first-order valence-corrected chi connectivity index (χ1v) is 15.6. The van der Waals surface area contributed by atoms with Crippen LogP contribution in [0.2, 0.25) is 0 Å². The molecule has 0 saturated carbocycles. The van der Waals surface area contributed by atoms with Gasteiger partial charge in [-0.3, -0.25) is 14.5 Å². The van der Waals surface area contributed by atoms with Gasteiger partial charge in [0.15, 0.2) is 5.01 Å². The summed E-state index contributed by atoms with van der Waals surface area (Å²) in [4.78, 5) is 41.6. The molecule has 1 atom stereocenters. The minimum atomic E-state index is -0.738. The molecule has 5 aromatic rings. The van der Waals surface area contributed by atoms with Crippen LogP contribution in [0.5, 0.6) is 0 Å². The van der Waals surface area contributed by atoms with Gasteiger partial charge in [0, 0.05) is 54.9 Å². The average molecular weight is 609 g/mol. The average Bonchev–Trinajstić information content (AvgIpc) is 3.77. The molecule has 2 aromatic carbocycles. The van der Waals surface area contributed by atoms with E-state index in [1.54, 1.807) is 6.20 Å². The number of hydrogen-bond acceptors (Lipinski definition) is 9. The minimum absolute atomic E-state index is 0.195. The number of nitrogens with one attached hydrogen (secondary N) is 2. The quantitative estimate of drug-likeness (QED) is 0.221. The number of thiazole rings is 1. The van der Waals surface area contributed by atoms with E-state index in [0.717, 1.165) is 75.7 Å². The molecule has 10 nitrogen and oxygen atoms in total. The third kappa shape index (κ3) is 5.38. The molecule has 0 unspecified atom stereocenters. The maximum atomic E-state index is 13.1. The number of anilines is 1. The van der Waals surface area contributed by atoms with Gasteiger partial charge in [-0.05, 0) is 72.8 Å². The molecule has 0 bridgehead atoms. The number of aliphatic carboxylic acids is 1. The largest absolute Gasteiger partial charge is 0.481 e. The SMILES string of the molecule is Cc1c(NC(=O)c2nc3c(s2)CNCC3)cccc1-c1cccc(-c2nc3cc(CN4CC[C@@H](C(=O)O)C4)cnc3o2)c1C. The van der Waals surface area contributed by atoms with Crippen molar-refractivity contribution in [3.05, 3.63) is 80.9 Å². The molecule has 7 rings (SSSR count). The molecule has 0 aliphatic carbocycles. The molecule has 3 N–H and O–H groups in total. The lowest BCUT2D eigenvalue weighted by molar-refractivity contribution is -0.141. The highest BCUT2D eigenvalue weighted by Gasteiger charge is 2.28. The molecule has 2 aliphatic heterocycles. The van der Waals surface area contributed by atoms with E-state index < -0.39 is 5.97 Å². The molecule has 3 aromatic heterocycles. The Morgan fingerprint density at radius 2 is 1.91 bits per heavy atom. The molecule has 224 valence electrons. The van der Waals surface area contributed by atoms with Crippen molar-refractivity contribution in [2.45, 2.75) is 39.8 Å². The summed E-state index contributed by atoms with van der Waals surface area (Å²) in [7, 11) is 0. The Morgan fingerprint density at radius 3 is 2.70 bits per heavy atom. The number of amides is 1. The topological polar surface area (TPSA) is 133 Å². The Morgan fingerprint density at radius 1 is 1.11 bits per heavy atom. The number of carbonyl (C=O) groups is 2. The van der Waals surface area contributed by atoms with Crippen LogP contribution in [-0.2, 0) is 24.3 Å². The molecule has 0 radical (unpaired) electrons. The predicted molar refractivity (Wildman–Crippen MR) is 169 cm³/mol. The first kappa shape index (κ1) is 28.3. The van der Waals surface area contributed by atoms with Crippen molar-refractivity contribution in [2.24, 2.45) is 5.92 Å². The third-order valence-corrected chi connectivity index (χ3v) is 9.66. The molecule has 1 fully saturated rings. The number of likely N-dealkylation sites (tertiary alicyclic amines) is 1. The smallest absolute Gasteiger partial charge is 0.307 e. The van der Waals surface area contributed by atoms with Crippen LogP contribution in [0.25, 0.3) is 33.8 Å². The maximum Gasteiger partial charge on any atom is 0.307 e. The summed E-state index contributed by atoms with van der Waals surface area (Å²) in [6.45, 7) is 7.61. The monoisotopic (exact) mass is 608 g/mol. The minimum Gasteiger partial charge on any atom is -0.481 e. The van der Waals surface area contributed by atoms with Crippen LogP contribution in [0, 0.1) is 19.8 Å². The third-order valence-electron chi connectivity index (χ3n) is 8.57. The number of carboxylic acids is 1. The van der Waals surface area contributed by atoms with Gasteiger partial charge in [-0.15, -0.1) is 11.3 Å². The summed E-state index contributed by atoms with van der Waals surface area (Å²) in [5.41, 5.74) is 8.70. The van der Waals surface area contributed by atoms with Gasteiger partial charge >= 0.3 is 5.97 Å². The number of carboxylic acid groups (broad SMARTS) is 1. The number of hydrogen-bond donors (Lipinski definition) is 3. The van der Waals surface area contributed by atoms with Crippen LogP contribution in [0.15, 0.2) is 53.1 Å². The lowest BCUT2D eigenvalue weighted by Gasteiger charge is -2.15. The van der Waals surface area contributed by atoms with Crippen LogP contribution >= 0.6 is 11.3 Å². The van der Waals surface area contributed by atoms with Crippen molar-refractivity contribution in [3.63, 3.8) is 0 Å². The second-order valence-electron chi connectivity index (χ2n) is 11.5. The lowest BCUT2D eigenvalue weighted by Crippen LogP contribution is -2.22. The summed E-state index contributed by atoms with van der Waals surface area (Å²) < 4.78 is 6.11. The molecule has 2 aliphatic rings.